The van der Waals surface area contributed by atoms with E-state index in [0.29, 0.717) is 5.69 Å². The molecule has 1 aromatic rings. The molecule has 0 amide bonds. The van der Waals surface area contributed by atoms with Crippen molar-refractivity contribution in [2.75, 3.05) is 33.3 Å². The highest BCUT2D eigenvalue weighted by atomic mass is 16.5. The number of anilines is 1. The molecule has 0 aromatic heterocycles. The van der Waals surface area contributed by atoms with Crippen LogP contribution in [0, 0.1) is 11.3 Å². The second kappa shape index (κ2) is 9.05. The number of carbonyl (C=O) groups is 2. The van der Waals surface area contributed by atoms with Crippen LogP contribution in [0.4, 0.5) is 5.69 Å². The highest BCUT2D eigenvalue weighted by molar-refractivity contribution is 5.98. The number of benzene rings is 1. The number of esters is 2. The van der Waals surface area contributed by atoms with Crippen LogP contribution < -0.4 is 14.8 Å². The summed E-state index contributed by atoms with van der Waals surface area (Å²) in [5.41, 5.74) is 0.195. The van der Waals surface area contributed by atoms with E-state index in [1.807, 2.05) is 0 Å². The van der Waals surface area contributed by atoms with Crippen LogP contribution in [0.25, 0.3) is 0 Å². The number of carbonyl (C=O) groups excluding carboxylic acids is 2. The first-order valence-electron chi connectivity index (χ1n) is 6.91. The van der Waals surface area contributed by atoms with Crippen molar-refractivity contribution in [3.05, 3.63) is 29.5 Å². The molecule has 0 aliphatic rings. The summed E-state index contributed by atoms with van der Waals surface area (Å²) in [4.78, 5) is 23.6. The average molecular weight is 334 g/mol. The highest BCUT2D eigenvalue weighted by Crippen LogP contribution is 2.36. The molecule has 0 radical (unpaired) electrons. The third kappa shape index (κ3) is 4.16. The summed E-state index contributed by atoms with van der Waals surface area (Å²) < 4.78 is 19.9. The third-order valence-corrected chi connectivity index (χ3v) is 2.92. The van der Waals surface area contributed by atoms with Gasteiger partial charge in [0.15, 0.2) is 11.3 Å². The van der Waals surface area contributed by atoms with Crippen molar-refractivity contribution in [1.29, 1.82) is 5.26 Å². The lowest BCUT2D eigenvalue weighted by molar-refractivity contribution is -0.138. The molecule has 1 N–H and O–H groups in total. The zero-order chi connectivity index (χ0) is 18.1. The molecule has 0 saturated heterocycles. The van der Waals surface area contributed by atoms with Crippen LogP contribution in [0.2, 0.25) is 0 Å². The third-order valence-electron chi connectivity index (χ3n) is 2.92. The molecule has 0 spiro atoms. The molecule has 0 atom stereocenters. The Kier molecular flexibility index (Phi) is 7.10. The maximum Gasteiger partial charge on any atom is 0.350 e. The van der Waals surface area contributed by atoms with Gasteiger partial charge in [0.05, 0.1) is 33.6 Å². The van der Waals surface area contributed by atoms with Gasteiger partial charge in [-0.2, -0.15) is 5.26 Å². The summed E-state index contributed by atoms with van der Waals surface area (Å²) in [5.74, 6) is -0.992. The van der Waals surface area contributed by atoms with E-state index in [2.05, 4.69) is 5.32 Å². The number of hydrogen-bond acceptors (Lipinski definition) is 8. The summed E-state index contributed by atoms with van der Waals surface area (Å²) in [6, 6.07) is 4.83. The van der Waals surface area contributed by atoms with Gasteiger partial charge >= 0.3 is 11.9 Å². The van der Waals surface area contributed by atoms with Gasteiger partial charge in [-0.3, -0.25) is 0 Å². The Morgan fingerprint density at radius 1 is 1.25 bits per heavy atom. The zero-order valence-corrected chi connectivity index (χ0v) is 13.8. The molecule has 0 aliphatic heterocycles. The van der Waals surface area contributed by atoms with Gasteiger partial charge in [0.1, 0.15) is 17.4 Å². The first-order valence-corrected chi connectivity index (χ1v) is 6.91. The standard InChI is InChI=1S/C16H18N2O6/c1-5-24-15(19)10(8-17)9-18-11-6-7-12(21-2)13(14(11)22-3)16(20)23-4/h6-7,9,18H,5H2,1-4H3/b10-9+. The fourth-order valence-electron chi connectivity index (χ4n) is 1.85. The van der Waals surface area contributed by atoms with Gasteiger partial charge in [-0.05, 0) is 19.1 Å². The van der Waals surface area contributed by atoms with Crippen molar-refractivity contribution in [1.82, 2.24) is 0 Å². The summed E-state index contributed by atoms with van der Waals surface area (Å²) in [7, 11) is 4.01. The van der Waals surface area contributed by atoms with E-state index < -0.39 is 11.9 Å². The SMILES string of the molecule is CCOC(=O)/C(C#N)=C/Nc1ccc(OC)c(C(=O)OC)c1OC. The van der Waals surface area contributed by atoms with Crippen molar-refractivity contribution in [3.8, 4) is 17.6 Å². The monoisotopic (exact) mass is 334 g/mol. The molecule has 0 aliphatic carbocycles. The van der Waals surface area contributed by atoms with Gasteiger partial charge in [-0.15, -0.1) is 0 Å². The van der Waals surface area contributed by atoms with Gasteiger partial charge in [0.25, 0.3) is 0 Å². The van der Waals surface area contributed by atoms with Crippen LogP contribution in [0.3, 0.4) is 0 Å². The Balaban J connectivity index is 3.28. The number of hydrogen-bond donors (Lipinski definition) is 1. The molecule has 1 aromatic carbocycles. The number of nitriles is 1. The van der Waals surface area contributed by atoms with Gasteiger partial charge in [-0.1, -0.05) is 0 Å². The molecule has 128 valence electrons. The number of nitrogens with one attached hydrogen (secondary N) is 1. The molecular weight excluding hydrogens is 316 g/mol. The minimum absolute atomic E-state index is 0.0792. The van der Waals surface area contributed by atoms with E-state index in [0.717, 1.165) is 0 Å². The van der Waals surface area contributed by atoms with Crippen molar-refractivity contribution < 1.29 is 28.5 Å². The van der Waals surface area contributed by atoms with Crippen molar-refractivity contribution in [2.45, 2.75) is 6.92 Å². The van der Waals surface area contributed by atoms with Crippen LogP contribution in [0.1, 0.15) is 17.3 Å². The number of ether oxygens (including phenoxy) is 4. The molecular formula is C16H18N2O6. The van der Waals surface area contributed by atoms with E-state index in [4.69, 9.17) is 24.2 Å². The first-order chi connectivity index (χ1) is 11.5. The largest absolute Gasteiger partial charge is 0.496 e. The van der Waals surface area contributed by atoms with Crippen LogP contribution in [-0.4, -0.2) is 39.9 Å². The Morgan fingerprint density at radius 2 is 1.96 bits per heavy atom. The molecule has 0 fully saturated rings. The molecule has 24 heavy (non-hydrogen) atoms. The Labute approximate surface area is 139 Å². The Hall–Kier alpha value is -3.21. The normalized spacial score (nSPS) is 10.4. The van der Waals surface area contributed by atoms with Crippen LogP contribution >= 0.6 is 0 Å². The Bertz CT molecular complexity index is 691. The molecule has 8 nitrogen and oxygen atoms in total. The lowest BCUT2D eigenvalue weighted by Gasteiger charge is -2.15. The van der Waals surface area contributed by atoms with Gasteiger partial charge in [0, 0.05) is 6.20 Å². The number of nitrogens with zero attached hydrogens (tertiary/aromatic N) is 1. The second-order valence-electron chi connectivity index (χ2n) is 4.25. The van der Waals surface area contributed by atoms with Gasteiger partial charge < -0.3 is 24.3 Å². The number of methoxy groups -OCH3 is 3. The fraction of sp³-hybridized carbons (Fsp3) is 0.312. The fourth-order valence-corrected chi connectivity index (χ4v) is 1.85. The lowest BCUT2D eigenvalue weighted by Crippen LogP contribution is -2.10. The van der Waals surface area contributed by atoms with Crippen molar-refractivity contribution >= 4 is 17.6 Å². The lowest BCUT2D eigenvalue weighted by atomic mass is 10.1. The maximum absolute atomic E-state index is 12.0. The summed E-state index contributed by atoms with van der Waals surface area (Å²) in [6.45, 7) is 1.78. The second-order valence-corrected chi connectivity index (χ2v) is 4.25. The predicted octanol–water partition coefficient (Wildman–Crippen LogP) is 1.87. The first kappa shape index (κ1) is 18.8. The maximum atomic E-state index is 12.0. The van der Waals surface area contributed by atoms with Gasteiger partial charge in [0.2, 0.25) is 0 Å². The summed E-state index contributed by atoms with van der Waals surface area (Å²) in [5, 5.41) is 11.8. The highest BCUT2D eigenvalue weighted by Gasteiger charge is 2.22. The number of rotatable bonds is 7. The molecule has 0 bridgehead atoms. The smallest absolute Gasteiger partial charge is 0.350 e. The van der Waals surface area contributed by atoms with Crippen LogP contribution in [0.15, 0.2) is 23.9 Å². The van der Waals surface area contributed by atoms with E-state index in [1.165, 1.54) is 33.6 Å². The van der Waals surface area contributed by atoms with Gasteiger partial charge in [-0.25, -0.2) is 9.59 Å². The molecule has 0 saturated carbocycles. The molecule has 8 heteroatoms. The summed E-state index contributed by atoms with van der Waals surface area (Å²) >= 11 is 0. The van der Waals surface area contributed by atoms with Crippen LogP contribution in [0.5, 0.6) is 11.5 Å². The van der Waals surface area contributed by atoms with Crippen LogP contribution in [-0.2, 0) is 14.3 Å². The minimum atomic E-state index is -0.756. The molecule has 0 heterocycles. The zero-order valence-electron chi connectivity index (χ0n) is 13.8. The molecule has 1 rings (SSSR count). The minimum Gasteiger partial charge on any atom is -0.496 e. The summed E-state index contributed by atoms with van der Waals surface area (Å²) in [6.07, 6.45) is 1.17. The van der Waals surface area contributed by atoms with E-state index in [9.17, 15) is 9.59 Å². The van der Waals surface area contributed by atoms with E-state index in [-0.39, 0.29) is 29.2 Å². The Morgan fingerprint density at radius 3 is 2.46 bits per heavy atom. The topological polar surface area (TPSA) is 107 Å². The van der Waals surface area contributed by atoms with E-state index in [1.54, 1.807) is 19.1 Å². The quantitative estimate of drug-likeness (QED) is 0.457. The van der Waals surface area contributed by atoms with Crippen molar-refractivity contribution in [3.63, 3.8) is 0 Å². The van der Waals surface area contributed by atoms with E-state index >= 15 is 0 Å². The molecule has 0 unspecified atom stereocenters. The van der Waals surface area contributed by atoms with Crippen molar-refractivity contribution in [2.24, 2.45) is 0 Å². The predicted molar refractivity (Wildman–Crippen MR) is 84.8 cm³/mol. The average Bonchev–Trinajstić information content (AvgIpc) is 2.60.